The predicted octanol–water partition coefficient (Wildman–Crippen LogP) is 0.645. The fourth-order valence-electron chi connectivity index (χ4n) is 1.56. The molecule has 0 saturated carbocycles. The van der Waals surface area contributed by atoms with Gasteiger partial charge in [0.25, 0.3) is 10.0 Å². The molecule has 0 fully saturated rings. The number of anilines is 1. The van der Waals surface area contributed by atoms with Gasteiger partial charge >= 0.3 is 0 Å². The van der Waals surface area contributed by atoms with E-state index in [0.29, 0.717) is 11.3 Å². The SMILES string of the molecule is O=C([O-])C=Cc1ccc(S(=O)(=O)Nc2cccnc2)cc1. The van der Waals surface area contributed by atoms with Crippen molar-refractivity contribution < 1.29 is 18.3 Å². The second-order valence-corrected chi connectivity index (χ2v) is 5.75. The molecule has 7 heteroatoms. The Bertz CT molecular complexity index is 753. The van der Waals surface area contributed by atoms with Crippen LogP contribution in [0.1, 0.15) is 5.56 Å². The minimum absolute atomic E-state index is 0.0666. The van der Waals surface area contributed by atoms with Crippen LogP contribution >= 0.6 is 0 Å². The Morgan fingerprint density at radius 3 is 2.48 bits per heavy atom. The Hall–Kier alpha value is -2.67. The van der Waals surface area contributed by atoms with Gasteiger partial charge in [-0.05, 0) is 35.9 Å². The van der Waals surface area contributed by atoms with Crippen LogP contribution in [0.5, 0.6) is 0 Å². The van der Waals surface area contributed by atoms with Crippen molar-refractivity contribution in [2.24, 2.45) is 0 Å². The molecule has 1 heterocycles. The lowest BCUT2D eigenvalue weighted by Crippen LogP contribution is -2.18. The first-order valence-electron chi connectivity index (χ1n) is 5.89. The van der Waals surface area contributed by atoms with E-state index >= 15 is 0 Å². The van der Waals surface area contributed by atoms with E-state index in [4.69, 9.17) is 0 Å². The highest BCUT2D eigenvalue weighted by Gasteiger charge is 2.13. The molecule has 1 N–H and O–H groups in total. The van der Waals surface area contributed by atoms with Gasteiger partial charge in [-0.25, -0.2) is 8.42 Å². The van der Waals surface area contributed by atoms with Crippen molar-refractivity contribution in [3.05, 3.63) is 60.4 Å². The fourth-order valence-corrected chi connectivity index (χ4v) is 2.60. The summed E-state index contributed by atoms with van der Waals surface area (Å²) in [6, 6.07) is 8.96. The van der Waals surface area contributed by atoms with Crippen molar-refractivity contribution in [2.45, 2.75) is 4.90 Å². The van der Waals surface area contributed by atoms with Crippen LogP contribution in [0.2, 0.25) is 0 Å². The highest BCUT2D eigenvalue weighted by Crippen LogP contribution is 2.16. The largest absolute Gasteiger partial charge is 0.545 e. The smallest absolute Gasteiger partial charge is 0.261 e. The van der Waals surface area contributed by atoms with E-state index in [1.807, 2.05) is 0 Å². The lowest BCUT2D eigenvalue weighted by molar-refractivity contribution is -0.297. The second-order valence-electron chi connectivity index (χ2n) is 4.07. The number of aliphatic carboxylic acids is 1. The third-order valence-electron chi connectivity index (χ3n) is 2.52. The fraction of sp³-hybridized carbons (Fsp3) is 0. The van der Waals surface area contributed by atoms with Crippen LogP contribution in [0.15, 0.2) is 59.8 Å². The first-order valence-corrected chi connectivity index (χ1v) is 7.38. The number of sulfonamides is 1. The van der Waals surface area contributed by atoms with Crippen molar-refractivity contribution >= 4 is 27.8 Å². The molecule has 6 nitrogen and oxygen atoms in total. The van der Waals surface area contributed by atoms with Gasteiger partial charge in [-0.2, -0.15) is 0 Å². The topological polar surface area (TPSA) is 99.2 Å². The maximum atomic E-state index is 12.1. The summed E-state index contributed by atoms with van der Waals surface area (Å²) in [5.74, 6) is -1.31. The second kappa shape index (κ2) is 6.19. The summed E-state index contributed by atoms with van der Waals surface area (Å²) in [5, 5.41) is 10.3. The zero-order valence-electron chi connectivity index (χ0n) is 10.8. The number of nitrogens with one attached hydrogen (secondary N) is 1. The molecule has 0 atom stereocenters. The number of benzene rings is 1. The van der Waals surface area contributed by atoms with E-state index in [0.717, 1.165) is 6.08 Å². The van der Waals surface area contributed by atoms with Gasteiger partial charge in [0.1, 0.15) is 0 Å². The molecule has 108 valence electrons. The zero-order valence-corrected chi connectivity index (χ0v) is 11.6. The summed E-state index contributed by atoms with van der Waals surface area (Å²) in [6.07, 6.45) is 5.13. The quantitative estimate of drug-likeness (QED) is 0.817. The molecule has 0 spiro atoms. The predicted molar refractivity (Wildman–Crippen MR) is 75.5 cm³/mol. The number of pyridine rings is 1. The van der Waals surface area contributed by atoms with Crippen LogP contribution in [0.25, 0.3) is 6.08 Å². The lowest BCUT2D eigenvalue weighted by Gasteiger charge is -2.07. The number of hydrogen-bond acceptors (Lipinski definition) is 5. The number of carbonyl (C=O) groups is 1. The zero-order chi connectivity index (χ0) is 15.3. The Labute approximate surface area is 121 Å². The average Bonchev–Trinajstić information content (AvgIpc) is 2.46. The van der Waals surface area contributed by atoms with Crippen molar-refractivity contribution in [1.29, 1.82) is 0 Å². The Kier molecular flexibility index (Phi) is 4.34. The van der Waals surface area contributed by atoms with Crippen molar-refractivity contribution in [3.63, 3.8) is 0 Å². The minimum Gasteiger partial charge on any atom is -0.545 e. The summed E-state index contributed by atoms with van der Waals surface area (Å²) in [5.41, 5.74) is 0.915. The number of hydrogen-bond donors (Lipinski definition) is 1. The molecule has 21 heavy (non-hydrogen) atoms. The van der Waals surface area contributed by atoms with Gasteiger partial charge < -0.3 is 9.90 Å². The van der Waals surface area contributed by atoms with Gasteiger partial charge in [-0.3, -0.25) is 9.71 Å². The number of rotatable bonds is 5. The van der Waals surface area contributed by atoms with E-state index in [-0.39, 0.29) is 4.90 Å². The summed E-state index contributed by atoms with van der Waals surface area (Å²) in [7, 11) is -3.70. The molecule has 0 aliphatic carbocycles. The number of carbonyl (C=O) groups excluding carboxylic acids is 1. The molecular weight excluding hydrogens is 292 g/mol. The van der Waals surface area contributed by atoms with E-state index in [1.165, 1.54) is 42.7 Å². The van der Waals surface area contributed by atoms with Crippen LogP contribution in [-0.4, -0.2) is 19.4 Å². The molecule has 2 aromatic rings. The summed E-state index contributed by atoms with van der Waals surface area (Å²) in [4.78, 5) is 14.2. The van der Waals surface area contributed by atoms with Crippen LogP contribution in [-0.2, 0) is 14.8 Å². The van der Waals surface area contributed by atoms with Gasteiger partial charge in [0.15, 0.2) is 0 Å². The highest BCUT2D eigenvalue weighted by atomic mass is 32.2. The van der Waals surface area contributed by atoms with Gasteiger partial charge in [0.05, 0.1) is 22.7 Å². The Morgan fingerprint density at radius 1 is 1.19 bits per heavy atom. The molecule has 0 aliphatic heterocycles. The van der Waals surface area contributed by atoms with Gasteiger partial charge in [0, 0.05) is 6.20 Å². The number of aromatic nitrogens is 1. The Morgan fingerprint density at radius 2 is 1.90 bits per heavy atom. The number of nitrogens with zero attached hydrogens (tertiary/aromatic N) is 1. The summed E-state index contributed by atoms with van der Waals surface area (Å²) >= 11 is 0. The molecule has 0 radical (unpaired) electrons. The first kappa shape index (κ1) is 14.7. The van der Waals surface area contributed by atoms with Crippen LogP contribution in [0, 0.1) is 0 Å². The van der Waals surface area contributed by atoms with Gasteiger partial charge in [-0.15, -0.1) is 0 Å². The van der Waals surface area contributed by atoms with Gasteiger partial charge in [0.2, 0.25) is 0 Å². The van der Waals surface area contributed by atoms with E-state index < -0.39 is 16.0 Å². The Balaban J connectivity index is 2.19. The van der Waals surface area contributed by atoms with E-state index in [1.54, 1.807) is 12.1 Å². The summed E-state index contributed by atoms with van der Waals surface area (Å²) < 4.78 is 26.6. The number of carboxylic acids is 1. The van der Waals surface area contributed by atoms with Gasteiger partial charge in [-0.1, -0.05) is 18.2 Å². The molecule has 0 unspecified atom stereocenters. The van der Waals surface area contributed by atoms with Crippen molar-refractivity contribution in [2.75, 3.05) is 4.72 Å². The molecule has 0 amide bonds. The maximum Gasteiger partial charge on any atom is 0.261 e. The maximum absolute atomic E-state index is 12.1. The van der Waals surface area contributed by atoms with Crippen molar-refractivity contribution in [1.82, 2.24) is 4.98 Å². The third-order valence-corrected chi connectivity index (χ3v) is 3.91. The van der Waals surface area contributed by atoms with E-state index in [9.17, 15) is 18.3 Å². The third kappa shape index (κ3) is 4.15. The molecule has 0 aliphatic rings. The molecule has 2 rings (SSSR count). The normalized spacial score (nSPS) is 11.4. The molecule has 1 aromatic carbocycles. The van der Waals surface area contributed by atoms with Crippen LogP contribution < -0.4 is 9.83 Å². The lowest BCUT2D eigenvalue weighted by atomic mass is 10.2. The first-order chi connectivity index (χ1) is 9.97. The molecule has 0 saturated heterocycles. The highest BCUT2D eigenvalue weighted by molar-refractivity contribution is 7.92. The number of carboxylic acid groups (broad SMARTS) is 1. The minimum atomic E-state index is -3.70. The average molecular weight is 303 g/mol. The monoisotopic (exact) mass is 303 g/mol. The molecule has 0 bridgehead atoms. The van der Waals surface area contributed by atoms with E-state index in [2.05, 4.69) is 9.71 Å². The van der Waals surface area contributed by atoms with Crippen LogP contribution in [0.3, 0.4) is 0 Å². The molecule has 1 aromatic heterocycles. The van der Waals surface area contributed by atoms with Crippen LogP contribution in [0.4, 0.5) is 5.69 Å². The van der Waals surface area contributed by atoms with Crippen molar-refractivity contribution in [3.8, 4) is 0 Å². The standard InChI is InChI=1S/C14H12N2O4S/c17-14(18)8-5-11-3-6-13(7-4-11)21(19,20)16-12-2-1-9-15-10-12/h1-10,16H,(H,17,18)/p-1. The molecular formula is C14H11N2O4S-. The summed E-state index contributed by atoms with van der Waals surface area (Å²) in [6.45, 7) is 0.